The Hall–Kier alpha value is -2.80. The fourth-order valence-corrected chi connectivity index (χ4v) is 5.44. The van der Waals surface area contributed by atoms with Crippen LogP contribution in [-0.2, 0) is 28.5 Å². The number of guanidine groups is 2. The number of hydrogen-bond acceptors (Lipinski definition) is 16. The molecule has 0 spiro atoms. The highest BCUT2D eigenvalue weighted by atomic mass is 16.8. The van der Waals surface area contributed by atoms with Gasteiger partial charge in [-0.1, -0.05) is 0 Å². The number of rotatable bonds is 10. The molecule has 252 valence electrons. The van der Waals surface area contributed by atoms with Crippen LogP contribution in [0.3, 0.4) is 0 Å². The van der Waals surface area contributed by atoms with Gasteiger partial charge in [-0.15, -0.1) is 0 Å². The summed E-state index contributed by atoms with van der Waals surface area (Å²) in [5, 5.41) is 84.2. The van der Waals surface area contributed by atoms with Crippen molar-refractivity contribution in [2.45, 2.75) is 98.2 Å². The normalized spacial score (nSPS) is 44.0. The van der Waals surface area contributed by atoms with E-state index < -0.39 is 122 Å². The number of likely N-dealkylation sites (N-methyl/N-ethyl adjacent to an activating group) is 1. The van der Waals surface area contributed by atoms with Crippen LogP contribution in [0.1, 0.15) is 6.92 Å². The summed E-state index contributed by atoms with van der Waals surface area (Å²) >= 11 is 0. The van der Waals surface area contributed by atoms with Gasteiger partial charge < -0.3 is 87.6 Å². The second-order valence-corrected chi connectivity index (χ2v) is 10.7. The van der Waals surface area contributed by atoms with Gasteiger partial charge in [-0.05, 0) is 6.92 Å². The van der Waals surface area contributed by atoms with E-state index in [-0.39, 0.29) is 6.29 Å². The number of nitrogens with two attached hydrogens (primary N) is 4. The summed E-state index contributed by atoms with van der Waals surface area (Å²) in [5.41, 5.74) is 19.3. The van der Waals surface area contributed by atoms with E-state index in [4.69, 9.17) is 41.9 Å². The molecule has 0 radical (unpaired) electrons. The second-order valence-electron chi connectivity index (χ2n) is 10.7. The molecule has 0 aromatic carbocycles. The molecule has 2 saturated heterocycles. The summed E-state index contributed by atoms with van der Waals surface area (Å²) in [5.74, 6) is -2.06. The third-order valence-corrected chi connectivity index (χ3v) is 7.95. The predicted octanol–water partition coefficient (Wildman–Crippen LogP) is -8.93. The number of amides is 1. The van der Waals surface area contributed by atoms with E-state index >= 15 is 0 Å². The van der Waals surface area contributed by atoms with Crippen LogP contribution in [-0.4, -0.2) is 181 Å². The molecule has 0 aromatic heterocycles. The topological polar surface area (TPSA) is 365 Å². The van der Waals surface area contributed by atoms with Crippen LogP contribution in [0.4, 0.5) is 0 Å². The molecule has 44 heavy (non-hydrogen) atoms. The number of carbonyl (C=O) groups is 2. The lowest BCUT2D eigenvalue weighted by molar-refractivity contribution is -0.322. The van der Waals surface area contributed by atoms with E-state index in [2.05, 4.69) is 9.98 Å². The van der Waals surface area contributed by atoms with Gasteiger partial charge in [0.2, 0.25) is 5.91 Å². The average molecular weight is 640 g/mol. The van der Waals surface area contributed by atoms with Crippen molar-refractivity contribution in [3.8, 4) is 0 Å². The van der Waals surface area contributed by atoms with Crippen molar-refractivity contribution in [2.24, 2.45) is 32.9 Å². The fraction of sp³-hybridized carbons (Fsp3) is 0.826. The molecule has 1 saturated carbocycles. The number of aliphatic hydroxyl groups excluding tert-OH is 7. The number of aliphatic imine (C=N–C) groups is 2. The van der Waals surface area contributed by atoms with Crippen molar-refractivity contribution in [3.05, 3.63) is 0 Å². The minimum absolute atomic E-state index is 0.0597. The monoisotopic (exact) mass is 639 g/mol. The Kier molecular flexibility index (Phi) is 11.4. The second kappa shape index (κ2) is 14.1. The van der Waals surface area contributed by atoms with Crippen LogP contribution in [0.2, 0.25) is 0 Å². The van der Waals surface area contributed by atoms with E-state index in [1.54, 1.807) is 0 Å². The summed E-state index contributed by atoms with van der Waals surface area (Å²) in [6.07, 6.45) is -19.2. The van der Waals surface area contributed by atoms with E-state index in [1.807, 2.05) is 0 Å². The quantitative estimate of drug-likeness (QED) is 0.0599. The van der Waals surface area contributed by atoms with Gasteiger partial charge in [0.15, 0.2) is 36.4 Å². The minimum Gasteiger partial charge on any atom is -0.394 e. The van der Waals surface area contributed by atoms with Gasteiger partial charge in [0.05, 0.1) is 12.7 Å². The standard InChI is InChI=1S/C23H41N7O14/c1-6-23(40,5-33)18(44-19-11(30(2)8(34)4-32)15(38)12(35)7(3-31)42-19)20(41-6)43-17-10(29-22(26)27)13(36)9(28-21(24)25)14(37)16(17)39/h5-7,9-20,31-32,35-40H,3-4H2,1-2H3,(H4,24,25,28)(H4,26,27,29)/t6-,7+,9+,10-,11+,12+,13+,14+,15+,16-,17+,18-,19+,20+,23+/m1/s1. The lowest BCUT2D eigenvalue weighted by atomic mass is 9.81. The number of ether oxygens (including phenoxy) is 4. The third kappa shape index (κ3) is 6.73. The first-order valence-corrected chi connectivity index (χ1v) is 13.4. The molecule has 1 amide bonds. The molecule has 21 heteroatoms. The Morgan fingerprint density at radius 3 is 2.00 bits per heavy atom. The van der Waals surface area contributed by atoms with E-state index in [1.165, 1.54) is 6.92 Å². The maximum absolute atomic E-state index is 12.3. The van der Waals surface area contributed by atoms with Gasteiger partial charge in [-0.3, -0.25) is 9.59 Å². The number of aldehydes is 1. The minimum atomic E-state index is -2.53. The number of nitrogens with zero attached hydrogens (tertiary/aromatic N) is 3. The highest BCUT2D eigenvalue weighted by molar-refractivity contribution is 5.77. The molecule has 3 aliphatic rings. The number of carbonyl (C=O) groups excluding carboxylic acids is 2. The molecule has 0 unspecified atom stereocenters. The highest BCUT2D eigenvalue weighted by Gasteiger charge is 2.61. The average Bonchev–Trinajstić information content (AvgIpc) is 3.20. The van der Waals surface area contributed by atoms with Gasteiger partial charge in [0.25, 0.3) is 0 Å². The van der Waals surface area contributed by atoms with E-state index in [0.29, 0.717) is 0 Å². The smallest absolute Gasteiger partial charge is 0.248 e. The molecule has 21 nitrogen and oxygen atoms in total. The fourth-order valence-electron chi connectivity index (χ4n) is 5.44. The first kappa shape index (κ1) is 35.7. The van der Waals surface area contributed by atoms with Crippen LogP contribution < -0.4 is 22.9 Å². The summed E-state index contributed by atoms with van der Waals surface area (Å²) < 4.78 is 23.0. The Labute approximate surface area is 250 Å². The van der Waals surface area contributed by atoms with Gasteiger partial charge in [0, 0.05) is 7.05 Å². The van der Waals surface area contributed by atoms with Crippen molar-refractivity contribution in [3.63, 3.8) is 0 Å². The number of aliphatic hydroxyl groups is 8. The zero-order valence-electron chi connectivity index (χ0n) is 23.8. The molecule has 3 fully saturated rings. The summed E-state index contributed by atoms with van der Waals surface area (Å²) in [7, 11) is 1.14. The molecule has 0 aromatic rings. The van der Waals surface area contributed by atoms with Crippen LogP contribution in [0.5, 0.6) is 0 Å². The van der Waals surface area contributed by atoms with Crippen molar-refractivity contribution >= 4 is 24.1 Å². The molecule has 1 aliphatic carbocycles. The lowest BCUT2D eigenvalue weighted by Gasteiger charge is -2.47. The van der Waals surface area contributed by atoms with E-state index in [9.17, 15) is 50.4 Å². The summed E-state index contributed by atoms with van der Waals surface area (Å²) in [6.45, 7) is -0.594. The lowest BCUT2D eigenvalue weighted by Crippen LogP contribution is -2.67. The molecular formula is C23H41N7O14. The van der Waals surface area contributed by atoms with Crippen LogP contribution in [0, 0.1) is 0 Å². The maximum atomic E-state index is 12.3. The first-order valence-electron chi connectivity index (χ1n) is 13.4. The zero-order valence-corrected chi connectivity index (χ0v) is 23.8. The molecular weight excluding hydrogens is 598 g/mol. The first-order chi connectivity index (χ1) is 20.5. The molecule has 2 heterocycles. The number of hydrogen-bond donors (Lipinski definition) is 12. The SMILES string of the molecule is C[C@H]1O[C@@H](O[C@@H]2[C@H](O)[C@@H](O)[C@@H](N=C(N)N)[C@H](O)[C@H]2N=C(N)N)[C@@H](O[C@@H]2O[C@@H](CO)[C@H](O)[C@@H](O)[C@@H]2N(C)C(=O)CO)[C@]1(O)C=O. The Balaban J connectivity index is 2.03. The van der Waals surface area contributed by atoms with Crippen molar-refractivity contribution in [2.75, 3.05) is 20.3 Å². The van der Waals surface area contributed by atoms with Crippen LogP contribution in [0.15, 0.2) is 9.98 Å². The largest absolute Gasteiger partial charge is 0.394 e. The van der Waals surface area contributed by atoms with Crippen LogP contribution >= 0.6 is 0 Å². The maximum Gasteiger partial charge on any atom is 0.248 e. The zero-order chi connectivity index (χ0) is 33.3. The summed E-state index contributed by atoms with van der Waals surface area (Å²) in [4.78, 5) is 32.9. The van der Waals surface area contributed by atoms with Gasteiger partial charge in [0.1, 0.15) is 73.6 Å². The van der Waals surface area contributed by atoms with Gasteiger partial charge >= 0.3 is 0 Å². The Bertz CT molecular complexity index is 1080. The van der Waals surface area contributed by atoms with E-state index in [0.717, 1.165) is 11.9 Å². The van der Waals surface area contributed by atoms with Crippen LogP contribution in [0.25, 0.3) is 0 Å². The highest BCUT2D eigenvalue weighted by Crippen LogP contribution is 2.39. The third-order valence-electron chi connectivity index (χ3n) is 7.95. The van der Waals surface area contributed by atoms with Crippen molar-refractivity contribution in [1.82, 2.24) is 4.90 Å². The Morgan fingerprint density at radius 2 is 1.48 bits per heavy atom. The van der Waals surface area contributed by atoms with Gasteiger partial charge in [-0.25, -0.2) is 9.98 Å². The molecule has 3 rings (SSSR count). The van der Waals surface area contributed by atoms with Crippen molar-refractivity contribution in [1.29, 1.82) is 0 Å². The molecule has 0 bridgehead atoms. The predicted molar refractivity (Wildman–Crippen MR) is 144 cm³/mol. The Morgan fingerprint density at radius 1 is 0.886 bits per heavy atom. The molecule has 15 atom stereocenters. The van der Waals surface area contributed by atoms with Crippen molar-refractivity contribution < 1.29 is 69.4 Å². The van der Waals surface area contributed by atoms with Gasteiger partial charge in [-0.2, -0.15) is 0 Å². The molecule has 16 N–H and O–H groups in total. The summed E-state index contributed by atoms with van der Waals surface area (Å²) in [6, 6.07) is -4.68. The molecule has 2 aliphatic heterocycles.